The molecule has 4 nitrogen and oxygen atoms in total. The van der Waals surface area contributed by atoms with Crippen molar-refractivity contribution in [1.82, 2.24) is 5.32 Å². The summed E-state index contributed by atoms with van der Waals surface area (Å²) in [5.74, 6) is 0. The number of aliphatic hydroxyl groups is 2. The molecule has 2 unspecified atom stereocenters. The molecule has 2 rings (SSSR count). The summed E-state index contributed by atoms with van der Waals surface area (Å²) in [5, 5.41) is 24.6. The Morgan fingerprint density at radius 1 is 1.47 bits per heavy atom. The zero-order chi connectivity index (χ0) is 12.1. The summed E-state index contributed by atoms with van der Waals surface area (Å²) in [7, 11) is 0. The van der Waals surface area contributed by atoms with E-state index in [1.165, 1.54) is 18.4 Å². The Morgan fingerprint density at radius 2 is 2.35 bits per heavy atom. The maximum atomic E-state index is 9.28. The first-order valence-electron chi connectivity index (χ1n) is 6.15. The molecule has 0 aromatic heterocycles. The first-order chi connectivity index (χ1) is 8.29. The van der Waals surface area contributed by atoms with Crippen molar-refractivity contribution in [1.29, 1.82) is 0 Å². The van der Waals surface area contributed by atoms with Crippen molar-refractivity contribution in [2.75, 3.05) is 25.0 Å². The molecular formula is C13H20N2O2. The fourth-order valence-electron chi connectivity index (χ4n) is 2.13. The summed E-state index contributed by atoms with van der Waals surface area (Å²) in [6.45, 7) is 1.25. The molecule has 0 aliphatic carbocycles. The Kier molecular flexibility index (Phi) is 4.36. The predicted molar refractivity (Wildman–Crippen MR) is 68.0 cm³/mol. The van der Waals surface area contributed by atoms with Crippen LogP contribution in [-0.2, 0) is 0 Å². The van der Waals surface area contributed by atoms with Crippen LogP contribution in [0.3, 0.4) is 0 Å². The van der Waals surface area contributed by atoms with Crippen molar-refractivity contribution in [3.63, 3.8) is 0 Å². The summed E-state index contributed by atoms with van der Waals surface area (Å²) in [6, 6.07) is 8.68. The smallest absolute Gasteiger partial charge is 0.0942 e. The van der Waals surface area contributed by atoms with Gasteiger partial charge in [0.1, 0.15) is 0 Å². The molecule has 1 fully saturated rings. The number of nitrogens with one attached hydrogen (secondary N) is 2. The van der Waals surface area contributed by atoms with Crippen LogP contribution in [0, 0.1) is 0 Å². The van der Waals surface area contributed by atoms with Gasteiger partial charge in [-0.1, -0.05) is 12.1 Å². The van der Waals surface area contributed by atoms with Crippen LogP contribution in [0.2, 0.25) is 0 Å². The first kappa shape index (κ1) is 12.4. The van der Waals surface area contributed by atoms with Crippen molar-refractivity contribution in [2.45, 2.75) is 25.0 Å². The van der Waals surface area contributed by atoms with Crippen molar-refractivity contribution >= 4 is 5.69 Å². The van der Waals surface area contributed by atoms with Gasteiger partial charge in [-0.15, -0.1) is 0 Å². The number of anilines is 1. The summed E-state index contributed by atoms with van der Waals surface area (Å²) >= 11 is 0. The van der Waals surface area contributed by atoms with Gasteiger partial charge >= 0.3 is 0 Å². The molecule has 0 radical (unpaired) electrons. The topological polar surface area (TPSA) is 64.5 Å². The van der Waals surface area contributed by atoms with Gasteiger partial charge in [-0.05, 0) is 37.1 Å². The summed E-state index contributed by atoms with van der Waals surface area (Å²) in [5.41, 5.74) is 2.27. The third kappa shape index (κ3) is 3.43. The van der Waals surface area contributed by atoms with E-state index in [0.717, 1.165) is 12.2 Å². The molecule has 0 amide bonds. The molecule has 1 heterocycles. The normalized spacial score (nSPS) is 21.4. The maximum absolute atomic E-state index is 9.28. The third-order valence-corrected chi connectivity index (χ3v) is 3.10. The van der Waals surface area contributed by atoms with Crippen LogP contribution < -0.4 is 10.6 Å². The van der Waals surface area contributed by atoms with Gasteiger partial charge in [-0.25, -0.2) is 0 Å². The van der Waals surface area contributed by atoms with E-state index >= 15 is 0 Å². The molecule has 0 bridgehead atoms. The molecule has 2 atom stereocenters. The van der Waals surface area contributed by atoms with Gasteiger partial charge in [0.15, 0.2) is 0 Å². The van der Waals surface area contributed by atoms with Gasteiger partial charge in [0.25, 0.3) is 0 Å². The molecule has 4 N–H and O–H groups in total. The maximum Gasteiger partial charge on any atom is 0.0942 e. The molecule has 4 heteroatoms. The molecular weight excluding hydrogens is 216 g/mol. The van der Waals surface area contributed by atoms with Crippen molar-refractivity contribution < 1.29 is 10.2 Å². The Bertz CT molecular complexity index is 351. The van der Waals surface area contributed by atoms with Crippen LogP contribution in [-0.4, -0.2) is 36.0 Å². The van der Waals surface area contributed by atoms with Crippen LogP contribution >= 0.6 is 0 Å². The van der Waals surface area contributed by atoms with Crippen molar-refractivity contribution in [2.24, 2.45) is 0 Å². The molecule has 94 valence electrons. The van der Waals surface area contributed by atoms with Crippen molar-refractivity contribution in [3.8, 4) is 0 Å². The van der Waals surface area contributed by atoms with Crippen LogP contribution in [0.5, 0.6) is 0 Å². The van der Waals surface area contributed by atoms with Crippen LogP contribution in [0.15, 0.2) is 24.3 Å². The van der Waals surface area contributed by atoms with Gasteiger partial charge in [0.2, 0.25) is 0 Å². The molecule has 0 spiro atoms. The third-order valence-electron chi connectivity index (χ3n) is 3.10. The van der Waals surface area contributed by atoms with E-state index in [2.05, 4.69) is 22.8 Å². The fraction of sp³-hybridized carbons (Fsp3) is 0.538. The van der Waals surface area contributed by atoms with E-state index in [1.807, 2.05) is 12.1 Å². The highest BCUT2D eigenvalue weighted by atomic mass is 16.3. The Balaban J connectivity index is 1.96. The lowest BCUT2D eigenvalue weighted by molar-refractivity contribution is 0.105. The number of benzene rings is 1. The number of aliphatic hydroxyl groups excluding tert-OH is 2. The standard InChI is InChI=1S/C13H20N2O2/c16-9-12(17)8-15-11-4-1-3-10(7-11)13-5-2-6-14-13/h1,3-4,7,12-17H,2,5-6,8-9H2. The largest absolute Gasteiger partial charge is 0.394 e. The highest BCUT2D eigenvalue weighted by Gasteiger charge is 2.15. The van der Waals surface area contributed by atoms with Gasteiger partial charge < -0.3 is 20.8 Å². The monoisotopic (exact) mass is 236 g/mol. The zero-order valence-electron chi connectivity index (χ0n) is 9.89. The van der Waals surface area contributed by atoms with E-state index < -0.39 is 6.10 Å². The minimum atomic E-state index is -0.705. The van der Waals surface area contributed by atoms with E-state index in [9.17, 15) is 5.11 Å². The van der Waals surface area contributed by atoms with Crippen LogP contribution in [0.4, 0.5) is 5.69 Å². The Morgan fingerprint density at radius 3 is 3.06 bits per heavy atom. The molecule has 1 aromatic rings. The molecule has 1 aliphatic heterocycles. The van der Waals surface area contributed by atoms with Crippen LogP contribution in [0.25, 0.3) is 0 Å². The molecule has 1 aromatic carbocycles. The second-order valence-electron chi connectivity index (χ2n) is 4.49. The average molecular weight is 236 g/mol. The van der Waals surface area contributed by atoms with Crippen LogP contribution in [0.1, 0.15) is 24.4 Å². The average Bonchev–Trinajstić information content (AvgIpc) is 2.90. The highest BCUT2D eigenvalue weighted by molar-refractivity contribution is 5.46. The molecule has 0 saturated carbocycles. The molecule has 1 aliphatic rings. The van der Waals surface area contributed by atoms with Gasteiger partial charge in [0.05, 0.1) is 12.7 Å². The van der Waals surface area contributed by atoms with Gasteiger partial charge in [-0.3, -0.25) is 0 Å². The van der Waals surface area contributed by atoms with E-state index in [0.29, 0.717) is 12.6 Å². The quantitative estimate of drug-likeness (QED) is 0.613. The van der Waals surface area contributed by atoms with Crippen molar-refractivity contribution in [3.05, 3.63) is 29.8 Å². The lowest BCUT2D eigenvalue weighted by Crippen LogP contribution is -2.23. The van der Waals surface area contributed by atoms with Gasteiger partial charge in [0, 0.05) is 18.3 Å². The second kappa shape index (κ2) is 6.00. The zero-order valence-corrected chi connectivity index (χ0v) is 9.89. The predicted octanol–water partition coefficient (Wildman–Crippen LogP) is 0.876. The first-order valence-corrected chi connectivity index (χ1v) is 6.15. The lowest BCUT2D eigenvalue weighted by atomic mass is 10.0. The minimum absolute atomic E-state index is 0.211. The highest BCUT2D eigenvalue weighted by Crippen LogP contribution is 2.24. The van der Waals surface area contributed by atoms with E-state index in [-0.39, 0.29) is 6.61 Å². The summed E-state index contributed by atoms with van der Waals surface area (Å²) in [4.78, 5) is 0. The number of rotatable bonds is 5. The fourth-order valence-corrected chi connectivity index (χ4v) is 2.13. The van der Waals surface area contributed by atoms with E-state index in [4.69, 9.17) is 5.11 Å². The second-order valence-corrected chi connectivity index (χ2v) is 4.49. The number of hydrogen-bond acceptors (Lipinski definition) is 4. The lowest BCUT2D eigenvalue weighted by Gasteiger charge is -2.14. The SMILES string of the molecule is OCC(O)CNc1cccc(C2CCCN2)c1. The van der Waals surface area contributed by atoms with E-state index in [1.54, 1.807) is 0 Å². The molecule has 17 heavy (non-hydrogen) atoms. The minimum Gasteiger partial charge on any atom is -0.394 e. The molecule has 1 saturated heterocycles. The van der Waals surface area contributed by atoms with Gasteiger partial charge in [-0.2, -0.15) is 0 Å². The Labute approximate surface area is 102 Å². The summed E-state index contributed by atoms with van der Waals surface area (Å²) in [6.07, 6.45) is 1.71. The number of hydrogen-bond donors (Lipinski definition) is 4. The summed E-state index contributed by atoms with van der Waals surface area (Å²) < 4.78 is 0. The Hall–Kier alpha value is -1.10.